The van der Waals surface area contributed by atoms with Crippen molar-refractivity contribution >= 4 is 26.0 Å². The number of hydrogen-bond donors (Lipinski definition) is 2. The Kier molecular flexibility index (Phi) is 10.5. The van der Waals surface area contributed by atoms with Gasteiger partial charge in [-0.1, -0.05) is 30.3 Å². The van der Waals surface area contributed by atoms with Crippen LogP contribution in [0.4, 0.5) is 4.39 Å². The molecule has 0 spiro atoms. The average molecular weight is 594 g/mol. The van der Waals surface area contributed by atoms with Gasteiger partial charge >= 0.3 is 0 Å². The Morgan fingerprint density at radius 1 is 1.05 bits per heavy atom. The number of aryl methyl sites for hydroxylation is 1. The number of carbonyl (C=O) groups excluding carboxylic acids is 1. The zero-order valence-corrected chi connectivity index (χ0v) is 23.1. The highest BCUT2D eigenvalue weighted by Crippen LogP contribution is 2.26. The van der Waals surface area contributed by atoms with Crippen molar-refractivity contribution in [3.05, 3.63) is 96.6 Å². The number of pyridine rings is 1. The van der Waals surface area contributed by atoms with E-state index in [0.29, 0.717) is 5.56 Å². The number of ether oxygens (including phenoxy) is 1. The Hall–Kier alpha value is -3.69. The fourth-order valence-electron chi connectivity index (χ4n) is 3.56. The molecule has 3 aromatic rings. The Morgan fingerprint density at radius 2 is 1.70 bits per heavy atom. The molecule has 11 nitrogen and oxygen atoms in total. The maximum atomic E-state index is 13.8. The van der Waals surface area contributed by atoms with Crippen molar-refractivity contribution in [3.8, 4) is 5.75 Å². The third-order valence-corrected chi connectivity index (χ3v) is 8.76. The molecule has 40 heavy (non-hydrogen) atoms. The second-order valence-corrected chi connectivity index (χ2v) is 12.0. The predicted molar refractivity (Wildman–Crippen MR) is 142 cm³/mol. The molecule has 0 radical (unpaired) electrons. The maximum absolute atomic E-state index is 13.8. The highest BCUT2D eigenvalue weighted by atomic mass is 32.2. The van der Waals surface area contributed by atoms with E-state index in [0.717, 1.165) is 9.87 Å². The van der Waals surface area contributed by atoms with E-state index in [9.17, 15) is 31.2 Å². The Labute approximate surface area is 232 Å². The van der Waals surface area contributed by atoms with E-state index >= 15 is 0 Å². The first-order valence-electron chi connectivity index (χ1n) is 11.8. The lowest BCUT2D eigenvalue weighted by molar-refractivity contribution is -0.133. The fraction of sp³-hybridized carbons (Fsp3) is 0.231. The van der Waals surface area contributed by atoms with Crippen LogP contribution in [0, 0.1) is 6.92 Å². The first-order chi connectivity index (χ1) is 18.9. The number of hydroxylamine groups is 1. The summed E-state index contributed by atoms with van der Waals surface area (Å²) in [5, 5.41) is 9.18. The molecule has 1 aromatic heterocycles. The van der Waals surface area contributed by atoms with E-state index in [1.54, 1.807) is 24.3 Å². The molecule has 0 bridgehead atoms. The van der Waals surface area contributed by atoms with E-state index in [1.165, 1.54) is 54.3 Å². The second kappa shape index (κ2) is 13.6. The van der Waals surface area contributed by atoms with Crippen molar-refractivity contribution in [2.45, 2.75) is 35.7 Å². The average Bonchev–Trinajstić information content (AvgIpc) is 2.93. The highest BCUT2D eigenvalue weighted by Gasteiger charge is 2.36. The molecule has 0 saturated heterocycles. The topological polar surface area (TPSA) is 152 Å². The van der Waals surface area contributed by atoms with Crippen molar-refractivity contribution in [2.75, 3.05) is 13.2 Å². The number of aromatic nitrogens is 1. The van der Waals surface area contributed by atoms with E-state index < -0.39 is 44.3 Å². The molecule has 0 unspecified atom stereocenters. The van der Waals surface area contributed by atoms with Gasteiger partial charge < -0.3 is 4.74 Å². The third-order valence-electron chi connectivity index (χ3n) is 5.57. The quantitative estimate of drug-likeness (QED) is 0.124. The van der Waals surface area contributed by atoms with Crippen molar-refractivity contribution < 1.29 is 40.1 Å². The van der Waals surface area contributed by atoms with Crippen LogP contribution in [0.15, 0.2) is 95.3 Å². The van der Waals surface area contributed by atoms with Gasteiger partial charge in [0.05, 0.1) is 15.6 Å². The molecule has 14 heteroatoms. The van der Waals surface area contributed by atoms with Crippen LogP contribution in [0.1, 0.15) is 17.5 Å². The predicted octanol–water partition coefficient (Wildman–Crippen LogP) is 3.11. The number of nitrogens with zero attached hydrogens (tertiary/aromatic N) is 2. The van der Waals surface area contributed by atoms with E-state index in [2.05, 4.69) is 11.6 Å². The number of nitrogens with one attached hydrogen (secondary N) is 1. The molecule has 0 aliphatic rings. The second-order valence-electron chi connectivity index (χ2n) is 8.53. The van der Waals surface area contributed by atoms with Crippen LogP contribution in [-0.2, 0) is 35.7 Å². The summed E-state index contributed by atoms with van der Waals surface area (Å²) < 4.78 is 76.7. The minimum atomic E-state index is -4.43. The normalized spacial score (nSPS) is 12.6. The molecule has 0 saturated carbocycles. The van der Waals surface area contributed by atoms with Gasteiger partial charge in [-0.05, 0) is 55.0 Å². The molecule has 3 rings (SSSR count). The lowest BCUT2D eigenvalue weighted by atomic mass is 10.1. The monoisotopic (exact) mass is 593 g/mol. The Bertz CT molecular complexity index is 1520. The first kappa shape index (κ1) is 30.8. The van der Waals surface area contributed by atoms with Crippen molar-refractivity contribution in [1.82, 2.24) is 14.8 Å². The molecule has 1 amide bonds. The van der Waals surface area contributed by atoms with Gasteiger partial charge in [-0.15, -0.1) is 0 Å². The molecule has 2 N–H and O–H groups in total. The van der Waals surface area contributed by atoms with Crippen LogP contribution in [0.3, 0.4) is 0 Å². The van der Waals surface area contributed by atoms with Crippen LogP contribution >= 0.6 is 0 Å². The van der Waals surface area contributed by atoms with Crippen molar-refractivity contribution in [1.29, 1.82) is 0 Å². The summed E-state index contributed by atoms with van der Waals surface area (Å²) in [6, 6.07) is 12.7. The number of benzene rings is 2. The van der Waals surface area contributed by atoms with Crippen molar-refractivity contribution in [3.63, 3.8) is 0 Å². The summed E-state index contributed by atoms with van der Waals surface area (Å²) >= 11 is 0. The molecule has 1 heterocycles. The number of amides is 1. The van der Waals surface area contributed by atoms with Gasteiger partial charge in [-0.25, -0.2) is 18.3 Å². The molecule has 2 aromatic carbocycles. The zero-order chi connectivity index (χ0) is 29.3. The lowest BCUT2D eigenvalue weighted by Gasteiger charge is -2.29. The summed E-state index contributed by atoms with van der Waals surface area (Å²) in [4.78, 5) is 16.1. The molecule has 0 aliphatic heterocycles. The van der Waals surface area contributed by atoms with Crippen LogP contribution in [0.5, 0.6) is 5.75 Å². The number of hydrogen-bond acceptors (Lipinski definition) is 9. The van der Waals surface area contributed by atoms with Gasteiger partial charge in [-0.3, -0.25) is 19.2 Å². The summed E-state index contributed by atoms with van der Waals surface area (Å²) in [5.41, 5.74) is 2.68. The third kappa shape index (κ3) is 8.16. The van der Waals surface area contributed by atoms with Crippen LogP contribution in [0.2, 0.25) is 0 Å². The Morgan fingerprint density at radius 3 is 2.27 bits per heavy atom. The lowest BCUT2D eigenvalue weighted by Crippen LogP contribution is -2.48. The highest BCUT2D eigenvalue weighted by molar-refractivity contribution is 7.89. The number of rotatable bonds is 14. The molecular formula is C26H28FN3O8S2. The van der Waals surface area contributed by atoms with Gasteiger partial charge in [0.2, 0.25) is 10.0 Å². The summed E-state index contributed by atoms with van der Waals surface area (Å²) in [5.74, 6) is -1.89. The number of carbonyl (C=O) groups is 1. The number of sulfonamides is 1. The minimum absolute atomic E-state index is 0.00742. The van der Waals surface area contributed by atoms with Gasteiger partial charge in [0, 0.05) is 25.4 Å². The molecule has 0 fully saturated rings. The standard InChI is InChI=1S/C26H28FN3O8S2/c1-19-5-9-24(10-6-19)40(35,36)38-15-14-37-22-7-11-23(12-8-22)39(33,34)30(18-21-4-3-13-28-17-21)25(16-20(2)27)26(31)29-32/h3-13,17,25,32H,2,14-16,18H2,1H3,(H,29,31)/t25-/m0/s1. The zero-order valence-electron chi connectivity index (χ0n) is 21.4. The largest absolute Gasteiger partial charge is 0.491 e. The Balaban J connectivity index is 1.74. The van der Waals surface area contributed by atoms with E-state index in [4.69, 9.17) is 8.92 Å². The molecule has 214 valence electrons. The summed E-state index contributed by atoms with van der Waals surface area (Å²) in [7, 11) is -8.40. The molecular weight excluding hydrogens is 565 g/mol. The molecule has 0 aliphatic carbocycles. The SMILES string of the molecule is C=C(F)C[C@@H](C(=O)NO)N(Cc1cccnc1)S(=O)(=O)c1ccc(OCCOS(=O)(=O)c2ccc(C)cc2)cc1. The summed E-state index contributed by atoms with van der Waals surface area (Å²) in [6.45, 7) is 4.14. The number of halogens is 1. The minimum Gasteiger partial charge on any atom is -0.491 e. The van der Waals surface area contributed by atoms with Gasteiger partial charge in [0.25, 0.3) is 16.0 Å². The summed E-state index contributed by atoms with van der Waals surface area (Å²) in [6.07, 6.45) is 2.17. The maximum Gasteiger partial charge on any atom is 0.297 e. The van der Waals surface area contributed by atoms with Gasteiger partial charge in [-0.2, -0.15) is 12.7 Å². The van der Waals surface area contributed by atoms with E-state index in [1.807, 2.05) is 6.92 Å². The van der Waals surface area contributed by atoms with Crippen molar-refractivity contribution in [2.24, 2.45) is 0 Å². The van der Waals surface area contributed by atoms with Crippen LogP contribution in [0.25, 0.3) is 0 Å². The van der Waals surface area contributed by atoms with Crippen LogP contribution < -0.4 is 10.2 Å². The van der Waals surface area contributed by atoms with Gasteiger partial charge in [0.15, 0.2) is 0 Å². The first-order valence-corrected chi connectivity index (χ1v) is 14.7. The van der Waals surface area contributed by atoms with E-state index in [-0.39, 0.29) is 35.3 Å². The fourth-order valence-corrected chi connectivity index (χ4v) is 6.03. The van der Waals surface area contributed by atoms with Crippen LogP contribution in [-0.4, -0.2) is 56.5 Å². The van der Waals surface area contributed by atoms with Gasteiger partial charge in [0.1, 0.15) is 25.0 Å². The smallest absolute Gasteiger partial charge is 0.297 e. The molecule has 1 atom stereocenters.